The van der Waals surface area contributed by atoms with Crippen molar-refractivity contribution in [3.05, 3.63) is 71.8 Å². The molecule has 1 aliphatic heterocycles. The van der Waals surface area contributed by atoms with E-state index in [4.69, 9.17) is 0 Å². The smallest absolute Gasteiger partial charge is 0.235 e. The topological polar surface area (TPSA) is 20.3 Å². The summed E-state index contributed by atoms with van der Waals surface area (Å²) >= 11 is 0. The van der Waals surface area contributed by atoms with E-state index in [0.717, 1.165) is 23.2 Å². The van der Waals surface area contributed by atoms with Gasteiger partial charge in [-0.05, 0) is 44.4 Å². The van der Waals surface area contributed by atoms with Crippen molar-refractivity contribution in [2.75, 3.05) is 4.90 Å². The molecule has 2 heteroatoms. The lowest BCUT2D eigenvalue weighted by Crippen LogP contribution is -2.50. The number of carbonyl (C=O) groups excluding carboxylic acids is 1. The molecular weight excluding hydrogens is 294 g/mol. The summed E-state index contributed by atoms with van der Waals surface area (Å²) in [7, 11) is 0. The van der Waals surface area contributed by atoms with Crippen LogP contribution in [-0.2, 0) is 4.79 Å². The van der Waals surface area contributed by atoms with Crippen molar-refractivity contribution in [1.82, 2.24) is 0 Å². The van der Waals surface area contributed by atoms with E-state index in [1.807, 2.05) is 35.2 Å². The molecule has 0 saturated heterocycles. The second-order valence-electron chi connectivity index (χ2n) is 7.04. The third kappa shape index (κ3) is 2.77. The number of carbonyl (C=O) groups is 1. The van der Waals surface area contributed by atoms with Gasteiger partial charge in [-0.25, -0.2) is 0 Å². The average molecular weight is 319 g/mol. The molecule has 0 N–H and O–H groups in total. The Balaban J connectivity index is 2.08. The van der Waals surface area contributed by atoms with Gasteiger partial charge in [0.05, 0.1) is 17.1 Å². The van der Waals surface area contributed by atoms with Crippen LogP contribution in [0.15, 0.2) is 60.7 Å². The Labute approximate surface area is 144 Å². The van der Waals surface area contributed by atoms with Crippen molar-refractivity contribution in [2.45, 2.75) is 45.6 Å². The van der Waals surface area contributed by atoms with Crippen molar-refractivity contribution in [3.63, 3.8) is 0 Å². The molecule has 2 aromatic carbocycles. The molecule has 0 unspecified atom stereocenters. The van der Waals surface area contributed by atoms with Gasteiger partial charge in [-0.3, -0.25) is 4.79 Å². The normalized spacial score (nSPS) is 17.0. The summed E-state index contributed by atoms with van der Waals surface area (Å²) in [5, 5.41) is 0. The Hall–Kier alpha value is -2.35. The number of allylic oxidation sites excluding steroid dienone is 1. The predicted octanol–water partition coefficient (Wildman–Crippen LogP) is 5.41. The molecule has 2 nitrogen and oxygen atoms in total. The number of fused-ring (bicyclic) bond motifs is 1. The molecule has 0 aromatic heterocycles. The highest BCUT2D eigenvalue weighted by molar-refractivity contribution is 6.03. The fraction of sp³-hybridized carbons (Fsp3) is 0.318. The van der Waals surface area contributed by atoms with Crippen LogP contribution in [0.5, 0.6) is 0 Å². The number of nitrogens with zero attached hydrogens (tertiary/aromatic N) is 1. The molecule has 0 aliphatic carbocycles. The van der Waals surface area contributed by atoms with Crippen LogP contribution in [0.25, 0.3) is 5.57 Å². The predicted molar refractivity (Wildman–Crippen MR) is 101 cm³/mol. The summed E-state index contributed by atoms with van der Waals surface area (Å²) in [5.74, 6) is 0.0511. The highest BCUT2D eigenvalue weighted by atomic mass is 16.2. The number of hydrogen-bond acceptors (Lipinski definition) is 1. The van der Waals surface area contributed by atoms with Crippen LogP contribution in [-0.4, -0.2) is 11.4 Å². The lowest BCUT2D eigenvalue weighted by molar-refractivity contribution is -0.120. The molecular formula is C22H25NO. The molecule has 124 valence electrons. The van der Waals surface area contributed by atoms with Crippen molar-refractivity contribution >= 4 is 17.2 Å². The molecule has 0 spiro atoms. The van der Waals surface area contributed by atoms with Crippen molar-refractivity contribution in [1.29, 1.82) is 0 Å². The van der Waals surface area contributed by atoms with Crippen LogP contribution in [0, 0.1) is 0 Å². The first-order chi connectivity index (χ1) is 11.5. The Morgan fingerprint density at radius 2 is 1.67 bits per heavy atom. The van der Waals surface area contributed by atoms with Gasteiger partial charge in [-0.1, -0.05) is 61.5 Å². The van der Waals surface area contributed by atoms with Crippen LogP contribution < -0.4 is 4.90 Å². The fourth-order valence-electron chi connectivity index (χ4n) is 3.78. The lowest BCUT2D eigenvalue weighted by Gasteiger charge is -2.43. The zero-order valence-electron chi connectivity index (χ0n) is 14.9. The zero-order valence-corrected chi connectivity index (χ0v) is 14.9. The van der Waals surface area contributed by atoms with E-state index >= 15 is 0 Å². The van der Waals surface area contributed by atoms with Gasteiger partial charge in [0.2, 0.25) is 5.91 Å². The zero-order chi connectivity index (χ0) is 17.3. The lowest BCUT2D eigenvalue weighted by atomic mass is 9.86. The quantitative estimate of drug-likeness (QED) is 0.741. The maximum absolute atomic E-state index is 13.5. The molecule has 1 heterocycles. The number of benzene rings is 2. The highest BCUT2D eigenvalue weighted by Crippen LogP contribution is 2.40. The minimum absolute atomic E-state index is 0.120. The van der Waals surface area contributed by atoms with Crippen LogP contribution >= 0.6 is 0 Å². The van der Waals surface area contributed by atoms with Gasteiger partial charge < -0.3 is 4.90 Å². The van der Waals surface area contributed by atoms with E-state index in [2.05, 4.69) is 58.0 Å². The monoisotopic (exact) mass is 319 g/mol. The summed E-state index contributed by atoms with van der Waals surface area (Å²) in [5.41, 5.74) is 4.14. The summed E-state index contributed by atoms with van der Waals surface area (Å²) in [6.45, 7) is 8.43. The summed E-state index contributed by atoms with van der Waals surface area (Å²) < 4.78 is 0. The molecule has 0 radical (unpaired) electrons. The maximum atomic E-state index is 13.5. The van der Waals surface area contributed by atoms with Crippen molar-refractivity contribution < 1.29 is 4.79 Å². The number of para-hydroxylation sites is 1. The van der Waals surface area contributed by atoms with Gasteiger partial charge in [-0.15, -0.1) is 0 Å². The van der Waals surface area contributed by atoms with Crippen LogP contribution in [0.4, 0.5) is 5.69 Å². The van der Waals surface area contributed by atoms with E-state index < -0.39 is 0 Å². The molecule has 1 amide bonds. The second kappa shape index (κ2) is 6.27. The SMILES string of the molecule is CC[C@@H](C(=O)N1c2ccccc2C(C)=CC1(C)C)c1ccccc1. The largest absolute Gasteiger partial charge is 0.302 e. The maximum Gasteiger partial charge on any atom is 0.235 e. The van der Waals surface area contributed by atoms with E-state index in [9.17, 15) is 4.79 Å². The standard InChI is InChI=1S/C22H25NO/c1-5-18(17-11-7-6-8-12-17)21(24)23-20-14-10-9-13-19(20)16(2)15-22(23,3)4/h6-15,18H,5H2,1-4H3/t18-/m1/s1. The first-order valence-electron chi connectivity index (χ1n) is 8.63. The van der Waals surface area contributed by atoms with E-state index in [1.165, 1.54) is 5.57 Å². The molecule has 0 bridgehead atoms. The number of rotatable bonds is 3. The van der Waals surface area contributed by atoms with E-state index in [-0.39, 0.29) is 17.4 Å². The van der Waals surface area contributed by atoms with Crippen molar-refractivity contribution in [2.24, 2.45) is 0 Å². The molecule has 24 heavy (non-hydrogen) atoms. The fourth-order valence-corrected chi connectivity index (χ4v) is 3.78. The minimum Gasteiger partial charge on any atom is -0.302 e. The van der Waals surface area contributed by atoms with Crippen LogP contribution in [0.3, 0.4) is 0 Å². The first kappa shape index (κ1) is 16.5. The van der Waals surface area contributed by atoms with Crippen molar-refractivity contribution in [3.8, 4) is 0 Å². The Bertz CT molecular complexity index is 774. The first-order valence-corrected chi connectivity index (χ1v) is 8.63. The third-order valence-corrected chi connectivity index (χ3v) is 4.84. The van der Waals surface area contributed by atoms with Gasteiger partial charge in [0, 0.05) is 5.56 Å². The minimum atomic E-state index is -0.336. The second-order valence-corrected chi connectivity index (χ2v) is 7.04. The van der Waals surface area contributed by atoms with E-state index in [0.29, 0.717) is 0 Å². The van der Waals surface area contributed by atoms with Crippen LogP contribution in [0.2, 0.25) is 0 Å². The molecule has 2 aromatic rings. The number of amides is 1. The Morgan fingerprint density at radius 3 is 2.33 bits per heavy atom. The van der Waals surface area contributed by atoms with Gasteiger partial charge in [0.1, 0.15) is 0 Å². The Kier molecular flexibility index (Phi) is 4.31. The average Bonchev–Trinajstić information content (AvgIpc) is 2.56. The summed E-state index contributed by atoms with van der Waals surface area (Å²) in [4.78, 5) is 15.5. The van der Waals surface area contributed by atoms with Crippen LogP contribution in [0.1, 0.15) is 51.2 Å². The number of anilines is 1. The van der Waals surface area contributed by atoms with Gasteiger partial charge in [0.25, 0.3) is 0 Å². The third-order valence-electron chi connectivity index (χ3n) is 4.84. The molecule has 1 atom stereocenters. The summed E-state index contributed by atoms with van der Waals surface area (Å²) in [6.07, 6.45) is 2.99. The van der Waals surface area contributed by atoms with Gasteiger partial charge in [0.15, 0.2) is 0 Å². The summed E-state index contributed by atoms with van der Waals surface area (Å²) in [6, 6.07) is 18.3. The number of hydrogen-bond donors (Lipinski definition) is 0. The Morgan fingerprint density at radius 1 is 1.04 bits per heavy atom. The molecule has 0 fully saturated rings. The molecule has 0 saturated carbocycles. The molecule has 3 rings (SSSR count). The van der Waals surface area contributed by atoms with Gasteiger partial charge in [-0.2, -0.15) is 0 Å². The highest BCUT2D eigenvalue weighted by Gasteiger charge is 2.38. The molecule has 1 aliphatic rings. The van der Waals surface area contributed by atoms with E-state index in [1.54, 1.807) is 0 Å². The van der Waals surface area contributed by atoms with Gasteiger partial charge >= 0.3 is 0 Å².